The standard InChI is InChI=1S/C14H12O3.Mg.2H/c15-12-5-3-10(4-6-12)1-2-11-7-13(16)9-14(17)8-11;;;/h1-9,15-17H;;;. The second-order valence-corrected chi connectivity index (χ2v) is 3.71. The quantitative estimate of drug-likeness (QED) is 0.568. The number of aromatic hydroxyl groups is 3. The molecule has 0 saturated carbocycles. The highest BCUT2D eigenvalue weighted by Crippen LogP contribution is 2.22. The number of rotatable bonds is 2. The van der Waals surface area contributed by atoms with Gasteiger partial charge >= 0.3 is 23.1 Å². The van der Waals surface area contributed by atoms with E-state index in [1.165, 1.54) is 6.07 Å². The van der Waals surface area contributed by atoms with Gasteiger partial charge in [0, 0.05) is 6.07 Å². The third-order valence-corrected chi connectivity index (χ3v) is 2.29. The number of phenolic OH excluding ortho intramolecular Hbond substituents is 3. The molecule has 0 bridgehead atoms. The molecule has 3 N–H and O–H groups in total. The van der Waals surface area contributed by atoms with Crippen molar-refractivity contribution in [2.45, 2.75) is 0 Å². The molecule has 0 fully saturated rings. The molecular weight excluding hydrogens is 240 g/mol. The fraction of sp³-hybridized carbons (Fsp3) is 0. The van der Waals surface area contributed by atoms with E-state index in [1.54, 1.807) is 42.5 Å². The van der Waals surface area contributed by atoms with Gasteiger partial charge in [-0.25, -0.2) is 0 Å². The fourth-order valence-electron chi connectivity index (χ4n) is 1.49. The van der Waals surface area contributed by atoms with Crippen molar-refractivity contribution in [3.8, 4) is 17.2 Å². The Morgan fingerprint density at radius 2 is 1.11 bits per heavy atom. The molecule has 4 heteroatoms. The summed E-state index contributed by atoms with van der Waals surface area (Å²) in [5.41, 5.74) is 1.63. The predicted octanol–water partition coefficient (Wildman–Crippen LogP) is 2.06. The van der Waals surface area contributed by atoms with Crippen LogP contribution in [0, 0.1) is 0 Å². The molecule has 0 unspecified atom stereocenters. The molecule has 3 nitrogen and oxygen atoms in total. The molecule has 0 heterocycles. The predicted molar refractivity (Wildman–Crippen MR) is 75.4 cm³/mol. The third-order valence-electron chi connectivity index (χ3n) is 2.29. The Morgan fingerprint density at radius 1 is 0.611 bits per heavy atom. The van der Waals surface area contributed by atoms with Crippen molar-refractivity contribution >= 4 is 35.2 Å². The summed E-state index contributed by atoms with van der Waals surface area (Å²) in [5, 5.41) is 27.7. The van der Waals surface area contributed by atoms with Crippen LogP contribution < -0.4 is 0 Å². The number of hydrogen-bond acceptors (Lipinski definition) is 3. The number of phenols is 3. The lowest BCUT2D eigenvalue weighted by Gasteiger charge is -1.98. The van der Waals surface area contributed by atoms with Gasteiger partial charge in [0.05, 0.1) is 0 Å². The van der Waals surface area contributed by atoms with Gasteiger partial charge in [0.15, 0.2) is 0 Å². The van der Waals surface area contributed by atoms with Crippen LogP contribution in [0.3, 0.4) is 0 Å². The third kappa shape index (κ3) is 3.98. The van der Waals surface area contributed by atoms with E-state index < -0.39 is 0 Å². The zero-order chi connectivity index (χ0) is 12.3. The molecule has 0 aliphatic rings. The highest BCUT2D eigenvalue weighted by molar-refractivity contribution is 5.75. The van der Waals surface area contributed by atoms with E-state index in [0.29, 0.717) is 5.56 Å². The van der Waals surface area contributed by atoms with Crippen molar-refractivity contribution in [3.63, 3.8) is 0 Å². The minimum Gasteiger partial charge on any atom is -0.508 e. The first-order chi connectivity index (χ1) is 8.13. The summed E-state index contributed by atoms with van der Waals surface area (Å²) in [6.45, 7) is 0. The van der Waals surface area contributed by atoms with Crippen molar-refractivity contribution in [1.29, 1.82) is 0 Å². The molecule has 0 atom stereocenters. The van der Waals surface area contributed by atoms with E-state index in [0.717, 1.165) is 5.56 Å². The van der Waals surface area contributed by atoms with E-state index in [2.05, 4.69) is 0 Å². The van der Waals surface area contributed by atoms with E-state index in [-0.39, 0.29) is 40.3 Å². The molecule has 0 saturated heterocycles. The molecule has 0 aliphatic carbocycles. The van der Waals surface area contributed by atoms with E-state index in [1.807, 2.05) is 6.08 Å². The largest absolute Gasteiger partial charge is 0.508 e. The second-order valence-electron chi connectivity index (χ2n) is 3.71. The summed E-state index contributed by atoms with van der Waals surface area (Å²) in [5.74, 6) is 0.267. The molecule has 0 radical (unpaired) electrons. The molecule has 0 aromatic heterocycles. The Labute approximate surface area is 121 Å². The minimum absolute atomic E-state index is 0. The maximum Gasteiger partial charge on any atom is 0.316 e. The summed E-state index contributed by atoms with van der Waals surface area (Å²) in [4.78, 5) is 0. The Bertz CT molecular complexity index is 527. The van der Waals surface area contributed by atoms with Gasteiger partial charge in [0.2, 0.25) is 0 Å². The van der Waals surface area contributed by atoms with Crippen LogP contribution in [0.5, 0.6) is 17.2 Å². The van der Waals surface area contributed by atoms with Crippen LogP contribution in [0.25, 0.3) is 12.2 Å². The first-order valence-corrected chi connectivity index (χ1v) is 5.13. The Balaban J connectivity index is 0.00000162. The van der Waals surface area contributed by atoms with Crippen LogP contribution in [0.2, 0.25) is 0 Å². The molecule has 18 heavy (non-hydrogen) atoms. The molecule has 2 rings (SSSR count). The Morgan fingerprint density at radius 3 is 1.67 bits per heavy atom. The van der Waals surface area contributed by atoms with Crippen molar-refractivity contribution in [2.24, 2.45) is 0 Å². The molecule has 0 amide bonds. The van der Waals surface area contributed by atoms with Crippen LogP contribution in [-0.4, -0.2) is 38.4 Å². The van der Waals surface area contributed by atoms with Crippen molar-refractivity contribution < 1.29 is 15.3 Å². The molecule has 0 aliphatic heterocycles. The maximum absolute atomic E-state index is 9.30. The van der Waals surface area contributed by atoms with Gasteiger partial charge in [-0.2, -0.15) is 0 Å². The summed E-state index contributed by atoms with van der Waals surface area (Å²) >= 11 is 0. The van der Waals surface area contributed by atoms with Crippen LogP contribution >= 0.6 is 0 Å². The maximum atomic E-state index is 9.30. The normalized spacial score (nSPS) is 10.2. The lowest BCUT2D eigenvalue weighted by Crippen LogP contribution is -1.74. The number of benzene rings is 2. The SMILES string of the molecule is Oc1ccc(C=Cc2cc(O)cc(O)c2)cc1.[MgH2]. The Hall–Kier alpha value is -1.65. The Kier molecular flexibility index (Phi) is 5.06. The smallest absolute Gasteiger partial charge is 0.316 e. The molecule has 90 valence electrons. The van der Waals surface area contributed by atoms with E-state index in [4.69, 9.17) is 5.11 Å². The lowest BCUT2D eigenvalue weighted by atomic mass is 10.1. The topological polar surface area (TPSA) is 60.7 Å². The van der Waals surface area contributed by atoms with Gasteiger partial charge in [-0.05, 0) is 35.4 Å². The summed E-state index contributed by atoms with van der Waals surface area (Å²) in [6.07, 6.45) is 3.60. The molecule has 2 aromatic carbocycles. The van der Waals surface area contributed by atoms with Gasteiger partial charge in [0.25, 0.3) is 0 Å². The summed E-state index contributed by atoms with van der Waals surface area (Å²) in [6, 6.07) is 11.1. The highest BCUT2D eigenvalue weighted by Gasteiger charge is 1.95. The van der Waals surface area contributed by atoms with Crippen molar-refractivity contribution in [3.05, 3.63) is 53.6 Å². The van der Waals surface area contributed by atoms with E-state index in [9.17, 15) is 10.2 Å². The van der Waals surface area contributed by atoms with Gasteiger partial charge in [0.1, 0.15) is 17.2 Å². The number of hydrogen-bond donors (Lipinski definition) is 3. The molecule has 0 spiro atoms. The van der Waals surface area contributed by atoms with Crippen LogP contribution in [-0.2, 0) is 0 Å². The average Bonchev–Trinajstić information content (AvgIpc) is 2.27. The second kappa shape index (κ2) is 6.33. The zero-order valence-electron chi connectivity index (χ0n) is 9.04. The lowest BCUT2D eigenvalue weighted by molar-refractivity contribution is 0.450. The monoisotopic (exact) mass is 254 g/mol. The van der Waals surface area contributed by atoms with Crippen molar-refractivity contribution in [2.75, 3.05) is 0 Å². The van der Waals surface area contributed by atoms with Crippen LogP contribution in [0.1, 0.15) is 11.1 Å². The zero-order valence-corrected chi connectivity index (χ0v) is 9.04. The fourth-order valence-corrected chi connectivity index (χ4v) is 1.49. The van der Waals surface area contributed by atoms with Gasteiger partial charge in [-0.1, -0.05) is 24.3 Å². The van der Waals surface area contributed by atoms with Crippen LogP contribution in [0.4, 0.5) is 0 Å². The van der Waals surface area contributed by atoms with Gasteiger partial charge in [-0.3, -0.25) is 0 Å². The molecular formula is C14H14MgO3. The summed E-state index contributed by atoms with van der Waals surface area (Å²) in [7, 11) is 0. The first kappa shape index (κ1) is 14.4. The minimum atomic E-state index is 0. The van der Waals surface area contributed by atoms with Crippen LogP contribution in [0.15, 0.2) is 42.5 Å². The van der Waals surface area contributed by atoms with Gasteiger partial charge < -0.3 is 15.3 Å². The van der Waals surface area contributed by atoms with E-state index >= 15 is 0 Å². The summed E-state index contributed by atoms with van der Waals surface area (Å²) < 4.78 is 0. The average molecular weight is 255 g/mol. The van der Waals surface area contributed by atoms with Crippen molar-refractivity contribution in [1.82, 2.24) is 0 Å². The molecule has 2 aromatic rings. The highest BCUT2D eigenvalue weighted by atomic mass is 24.3. The van der Waals surface area contributed by atoms with Gasteiger partial charge in [-0.15, -0.1) is 0 Å². The first-order valence-electron chi connectivity index (χ1n) is 5.13.